The molecular formula is C6H4BrIN2O6S2. The van der Waals surface area contributed by atoms with Gasteiger partial charge in [0.15, 0.2) is 9.87 Å². The Morgan fingerprint density at radius 1 is 1.06 bits per heavy atom. The van der Waals surface area contributed by atoms with Gasteiger partial charge in [0.05, 0.1) is 6.07 Å². The Hall–Kier alpha value is -0.330. The Morgan fingerprint density at radius 2 is 1.50 bits per heavy atom. The highest BCUT2D eigenvalue weighted by molar-refractivity contribution is 14.1. The van der Waals surface area contributed by atoms with Crippen LogP contribution in [0.15, 0.2) is 21.9 Å². The first-order valence-electron chi connectivity index (χ1n) is 3.71. The van der Waals surface area contributed by atoms with Crippen molar-refractivity contribution in [2.75, 3.05) is 0 Å². The molecule has 1 aromatic carbocycles. The van der Waals surface area contributed by atoms with E-state index in [2.05, 4.69) is 4.98 Å². The first-order chi connectivity index (χ1) is 7.57. The monoisotopic (exact) mass is 470 g/mol. The van der Waals surface area contributed by atoms with Gasteiger partial charge in [0, 0.05) is 3.57 Å². The maximum atomic E-state index is 10.9. The summed E-state index contributed by atoms with van der Waals surface area (Å²) >= 11 is 1.45. The minimum atomic E-state index is -4.67. The van der Waals surface area contributed by atoms with Gasteiger partial charge < -0.3 is 17.0 Å². The molecule has 1 rings (SSSR count). The van der Waals surface area contributed by atoms with Crippen LogP contribution in [0.1, 0.15) is 0 Å². The fraction of sp³-hybridized carbons (Fsp3) is 0. The van der Waals surface area contributed by atoms with Crippen molar-refractivity contribution in [2.45, 2.75) is 9.79 Å². The van der Waals surface area contributed by atoms with Crippen LogP contribution >= 0.6 is 22.6 Å². The van der Waals surface area contributed by atoms with E-state index in [1.807, 2.05) is 0 Å². The maximum absolute atomic E-state index is 10.9. The smallest absolute Gasteiger partial charge is 0.407 e. The molecule has 0 amide bonds. The van der Waals surface area contributed by atoms with E-state index in [1.54, 1.807) is 0 Å². The first-order valence-corrected chi connectivity index (χ1v) is 7.67. The summed E-state index contributed by atoms with van der Waals surface area (Å²) in [6.07, 6.45) is 0. The van der Waals surface area contributed by atoms with Gasteiger partial charge in [-0.05, 0) is 28.7 Å². The fourth-order valence-corrected chi connectivity index (χ4v) is 3.72. The number of benzene rings is 1. The van der Waals surface area contributed by atoms with E-state index in [4.69, 9.17) is 14.5 Å². The third-order valence-electron chi connectivity index (χ3n) is 1.68. The quantitative estimate of drug-likeness (QED) is 0.297. The van der Waals surface area contributed by atoms with Crippen molar-refractivity contribution < 1.29 is 42.9 Å². The summed E-state index contributed by atoms with van der Waals surface area (Å²) in [4.78, 5) is 1.14. The van der Waals surface area contributed by atoms with E-state index >= 15 is 0 Å². The van der Waals surface area contributed by atoms with Gasteiger partial charge in [-0.15, -0.1) is 0 Å². The van der Waals surface area contributed by atoms with Crippen LogP contribution in [-0.4, -0.2) is 25.9 Å². The Kier molecular flexibility index (Phi) is 5.65. The molecule has 12 heteroatoms. The van der Waals surface area contributed by atoms with Crippen LogP contribution in [-0.2, 0) is 20.2 Å². The molecule has 18 heavy (non-hydrogen) atoms. The van der Waals surface area contributed by atoms with E-state index < -0.39 is 35.7 Å². The van der Waals surface area contributed by atoms with Crippen LogP contribution in [0.5, 0.6) is 0 Å². The minimum absolute atomic E-state index is 0. The lowest BCUT2D eigenvalue weighted by molar-refractivity contribution is -0.0000118. The minimum Gasteiger partial charge on any atom is -1.00 e. The van der Waals surface area contributed by atoms with Gasteiger partial charge in [0.1, 0.15) is 4.90 Å². The highest BCUT2D eigenvalue weighted by atomic mass is 127. The Labute approximate surface area is 126 Å². The van der Waals surface area contributed by atoms with Crippen molar-refractivity contribution >= 4 is 48.5 Å². The third-order valence-corrected chi connectivity index (χ3v) is 4.71. The molecule has 8 nitrogen and oxygen atoms in total. The van der Waals surface area contributed by atoms with Crippen molar-refractivity contribution in [1.29, 1.82) is 5.39 Å². The van der Waals surface area contributed by atoms with Crippen LogP contribution in [0.25, 0.3) is 4.98 Å². The molecule has 0 saturated carbocycles. The molecule has 0 aromatic heterocycles. The van der Waals surface area contributed by atoms with Crippen molar-refractivity contribution in [3.8, 4) is 0 Å². The standard InChI is InChI=1S/C6H3IN2O6S2.BrH/c7-3-1-6(17(13,14)15)4(9-8)2-5(3)16(10,11)12;/h1-2H,(H-,10,11,12,13,14,15);1H. The zero-order valence-electron chi connectivity index (χ0n) is 8.15. The van der Waals surface area contributed by atoms with Gasteiger partial charge in [-0.2, -0.15) is 16.8 Å². The Balaban J connectivity index is 0.00000289. The highest BCUT2D eigenvalue weighted by Gasteiger charge is 2.29. The largest absolute Gasteiger partial charge is 1.00 e. The summed E-state index contributed by atoms with van der Waals surface area (Å²) < 4.78 is 61.1. The van der Waals surface area contributed by atoms with Crippen molar-refractivity contribution in [2.24, 2.45) is 0 Å². The topological polar surface area (TPSA) is 137 Å². The summed E-state index contributed by atoms with van der Waals surface area (Å²) in [7, 11) is -9.25. The Bertz CT molecular complexity index is 723. The molecular weight excluding hydrogens is 467 g/mol. The SMILES string of the molecule is N#[N+]c1cc(S(=O)(=O)O)c(I)cc1S(=O)(=O)O.[Br-]. The lowest BCUT2D eigenvalue weighted by atomic mass is 10.3. The predicted molar refractivity (Wildman–Crippen MR) is 63.5 cm³/mol. The highest BCUT2D eigenvalue weighted by Crippen LogP contribution is 2.31. The second kappa shape index (κ2) is 5.75. The first kappa shape index (κ1) is 17.7. The van der Waals surface area contributed by atoms with E-state index in [-0.39, 0.29) is 20.6 Å². The van der Waals surface area contributed by atoms with Crippen molar-refractivity contribution in [3.63, 3.8) is 0 Å². The average molecular weight is 471 g/mol. The zero-order valence-corrected chi connectivity index (χ0v) is 13.5. The van der Waals surface area contributed by atoms with Crippen LogP contribution < -0.4 is 17.0 Å². The summed E-state index contributed by atoms with van der Waals surface area (Å²) in [5.74, 6) is 0. The van der Waals surface area contributed by atoms with Crippen molar-refractivity contribution in [1.82, 2.24) is 0 Å². The Morgan fingerprint density at radius 3 is 1.83 bits per heavy atom. The molecule has 0 bridgehead atoms. The number of hydrogen-bond donors (Lipinski definition) is 2. The lowest BCUT2D eigenvalue weighted by Gasteiger charge is -2.00. The zero-order chi connectivity index (χ0) is 13.4. The summed E-state index contributed by atoms with van der Waals surface area (Å²) in [6, 6.07) is 1.38. The van der Waals surface area contributed by atoms with Gasteiger partial charge in [-0.1, -0.05) is 0 Å². The van der Waals surface area contributed by atoms with E-state index in [0.717, 1.165) is 6.07 Å². The van der Waals surface area contributed by atoms with E-state index in [0.29, 0.717) is 6.07 Å². The lowest BCUT2D eigenvalue weighted by Crippen LogP contribution is -3.00. The number of hydrogen-bond acceptors (Lipinski definition) is 5. The third kappa shape index (κ3) is 3.83. The number of nitrogens with zero attached hydrogens (tertiary/aromatic N) is 2. The number of diazo groups is 1. The van der Waals surface area contributed by atoms with Gasteiger partial charge >= 0.3 is 15.8 Å². The predicted octanol–water partition coefficient (Wildman–Crippen LogP) is -1.73. The summed E-state index contributed by atoms with van der Waals surface area (Å²) in [5.41, 5.74) is -0.694. The van der Waals surface area contributed by atoms with Crippen molar-refractivity contribution in [3.05, 3.63) is 20.7 Å². The van der Waals surface area contributed by atoms with E-state index in [1.165, 1.54) is 22.6 Å². The van der Waals surface area contributed by atoms with Crippen LogP contribution in [0.2, 0.25) is 0 Å². The number of rotatable bonds is 2. The van der Waals surface area contributed by atoms with Gasteiger partial charge in [-0.25, -0.2) is 0 Å². The molecule has 0 saturated heterocycles. The summed E-state index contributed by atoms with van der Waals surface area (Å²) in [5, 5.41) is 8.53. The molecule has 0 unspecified atom stereocenters. The molecule has 0 heterocycles. The van der Waals surface area contributed by atoms with E-state index in [9.17, 15) is 16.8 Å². The normalized spacial score (nSPS) is 11.4. The van der Waals surface area contributed by atoms with Gasteiger partial charge in [0.25, 0.3) is 10.1 Å². The van der Waals surface area contributed by atoms with Gasteiger partial charge in [-0.3, -0.25) is 9.11 Å². The second-order valence-corrected chi connectivity index (χ2v) is 6.74. The molecule has 1 aromatic rings. The van der Waals surface area contributed by atoms with Crippen LogP contribution in [0.3, 0.4) is 0 Å². The maximum Gasteiger partial charge on any atom is 0.407 e. The molecule has 0 atom stereocenters. The molecule has 0 aliphatic carbocycles. The van der Waals surface area contributed by atoms with Crippen LogP contribution in [0, 0.1) is 8.96 Å². The van der Waals surface area contributed by atoms with Crippen LogP contribution in [0.4, 0.5) is 5.69 Å². The fourth-order valence-electron chi connectivity index (χ4n) is 1.01. The molecule has 100 valence electrons. The molecule has 0 fully saturated rings. The average Bonchev–Trinajstić information content (AvgIpc) is 2.14. The molecule has 0 aliphatic rings. The number of halogens is 2. The molecule has 0 spiro atoms. The molecule has 0 aliphatic heterocycles. The molecule has 0 radical (unpaired) electrons. The van der Waals surface area contributed by atoms with Gasteiger partial charge in [0.2, 0.25) is 5.39 Å². The molecule has 2 N–H and O–H groups in total. The second-order valence-electron chi connectivity index (χ2n) is 2.80. The summed E-state index contributed by atoms with van der Waals surface area (Å²) in [6.45, 7) is 0.